The Morgan fingerprint density at radius 1 is 1.03 bits per heavy atom. The summed E-state index contributed by atoms with van der Waals surface area (Å²) in [5.41, 5.74) is 5.88. The van der Waals surface area contributed by atoms with Crippen LogP contribution in [0.15, 0.2) is 42.5 Å². The number of aromatic nitrogens is 2. The number of hydrogen-bond donors (Lipinski definition) is 2. The second kappa shape index (κ2) is 15.0. The summed E-state index contributed by atoms with van der Waals surface area (Å²) in [7, 11) is 0. The van der Waals surface area contributed by atoms with Crippen molar-refractivity contribution in [1.29, 1.82) is 0 Å². The first-order valence-corrected chi connectivity index (χ1v) is 12.4. The summed E-state index contributed by atoms with van der Waals surface area (Å²) in [6.45, 7) is 12.3. The normalized spacial score (nSPS) is 14.1. The Balaban J connectivity index is 0.00000241. The summed E-state index contributed by atoms with van der Waals surface area (Å²) in [5, 5.41) is 14.1. The quantitative estimate of drug-likeness (QED) is 0.400. The largest absolute Gasteiger partial charge is 0.390 e. The third kappa shape index (κ3) is 7.78. The number of anilines is 1. The molecule has 7 nitrogen and oxygen atoms in total. The number of amides is 1. The van der Waals surface area contributed by atoms with Crippen molar-refractivity contribution in [1.82, 2.24) is 19.8 Å². The van der Waals surface area contributed by atoms with E-state index in [1.54, 1.807) is 0 Å². The van der Waals surface area contributed by atoms with Crippen LogP contribution in [0.1, 0.15) is 33.1 Å². The maximum absolute atomic E-state index is 12.8. The molecule has 2 heterocycles. The van der Waals surface area contributed by atoms with Crippen LogP contribution in [0.25, 0.3) is 5.69 Å². The first-order valence-electron chi connectivity index (χ1n) is 12.1. The fraction of sp³-hybridized carbons (Fsp3) is 0.407. The van der Waals surface area contributed by atoms with Gasteiger partial charge in [0.05, 0.1) is 11.8 Å². The van der Waals surface area contributed by atoms with Crippen molar-refractivity contribution in [3.05, 3.63) is 75.8 Å². The third-order valence-corrected chi connectivity index (χ3v) is 7.05. The Bertz CT molecular complexity index is 1210. The van der Waals surface area contributed by atoms with E-state index in [0.29, 0.717) is 23.1 Å². The summed E-state index contributed by atoms with van der Waals surface area (Å²) in [5.74, 6) is 0.419. The van der Waals surface area contributed by atoms with E-state index in [9.17, 15) is 9.90 Å². The number of halogens is 4. The molecule has 1 aliphatic heterocycles. The van der Waals surface area contributed by atoms with E-state index in [1.807, 2.05) is 42.7 Å². The number of aliphatic hydroxyl groups excluding tert-OH is 1. The number of benzene rings is 2. The van der Waals surface area contributed by atoms with Crippen LogP contribution in [0.2, 0.25) is 5.02 Å². The van der Waals surface area contributed by atoms with Crippen LogP contribution in [0, 0.1) is 27.7 Å². The van der Waals surface area contributed by atoms with E-state index in [2.05, 4.69) is 52.1 Å². The SMILES string of the molecule is Cc1cccc(N2CCN(CC(O)CNC(=O)c3nc(C)n(-c4cccc(Cl)c4)c3C)CC2)c1C.Cl.Cl.Cl. The molecule has 1 unspecified atom stereocenters. The molecule has 2 N–H and O–H groups in total. The van der Waals surface area contributed by atoms with Gasteiger partial charge in [-0.2, -0.15) is 0 Å². The van der Waals surface area contributed by atoms with Gasteiger partial charge < -0.3 is 19.9 Å². The van der Waals surface area contributed by atoms with Crippen LogP contribution in [0.5, 0.6) is 0 Å². The molecule has 0 aliphatic carbocycles. The monoisotopic (exact) mass is 603 g/mol. The molecular formula is C27H37Cl4N5O2. The molecule has 3 aromatic rings. The molecule has 210 valence electrons. The lowest BCUT2D eigenvalue weighted by atomic mass is 10.1. The lowest BCUT2D eigenvalue weighted by Crippen LogP contribution is -2.50. The lowest BCUT2D eigenvalue weighted by molar-refractivity contribution is 0.0847. The van der Waals surface area contributed by atoms with Crippen LogP contribution < -0.4 is 10.2 Å². The van der Waals surface area contributed by atoms with Crippen LogP contribution in [0.3, 0.4) is 0 Å². The van der Waals surface area contributed by atoms with Gasteiger partial charge in [-0.1, -0.05) is 29.8 Å². The molecule has 0 radical (unpaired) electrons. The molecular weight excluding hydrogens is 568 g/mol. The van der Waals surface area contributed by atoms with E-state index in [1.165, 1.54) is 16.8 Å². The summed E-state index contributed by atoms with van der Waals surface area (Å²) >= 11 is 6.14. The molecule has 0 bridgehead atoms. The van der Waals surface area contributed by atoms with Gasteiger partial charge in [-0.25, -0.2) is 4.98 Å². The summed E-state index contributed by atoms with van der Waals surface area (Å²) in [4.78, 5) is 22.0. The fourth-order valence-corrected chi connectivity index (χ4v) is 4.94. The number of aryl methyl sites for hydroxylation is 2. The molecule has 1 aliphatic rings. The van der Waals surface area contributed by atoms with Crippen molar-refractivity contribution in [2.24, 2.45) is 0 Å². The number of rotatable bonds is 7. The van der Waals surface area contributed by atoms with Crippen molar-refractivity contribution < 1.29 is 9.90 Å². The Kier molecular flexibility index (Phi) is 13.4. The highest BCUT2D eigenvalue weighted by molar-refractivity contribution is 6.30. The molecule has 1 amide bonds. The smallest absolute Gasteiger partial charge is 0.271 e. The molecule has 1 saturated heterocycles. The molecule has 4 rings (SSSR count). The maximum Gasteiger partial charge on any atom is 0.271 e. The van der Waals surface area contributed by atoms with Gasteiger partial charge in [0.1, 0.15) is 11.5 Å². The first-order chi connectivity index (χ1) is 16.7. The van der Waals surface area contributed by atoms with Gasteiger partial charge in [-0.3, -0.25) is 9.69 Å². The zero-order valence-electron chi connectivity index (χ0n) is 22.1. The van der Waals surface area contributed by atoms with Crippen molar-refractivity contribution >= 4 is 60.4 Å². The van der Waals surface area contributed by atoms with Crippen molar-refractivity contribution in [2.45, 2.75) is 33.8 Å². The highest BCUT2D eigenvalue weighted by Crippen LogP contribution is 2.24. The number of aliphatic hydroxyl groups is 1. The standard InChI is InChI=1S/C27H34ClN5O2.3ClH/c1-18-7-5-10-25(19(18)2)32-13-11-31(12-14-32)17-24(34)16-29-27(35)26-20(3)33(21(4)30-26)23-9-6-8-22(28)15-23;;;/h5-10,15,24,34H,11-14,16-17H2,1-4H3,(H,29,35);3*1H. The minimum Gasteiger partial charge on any atom is -0.390 e. The number of imidazole rings is 1. The highest BCUT2D eigenvalue weighted by atomic mass is 35.5. The predicted molar refractivity (Wildman–Crippen MR) is 163 cm³/mol. The Labute approximate surface area is 248 Å². The third-order valence-electron chi connectivity index (χ3n) is 6.81. The van der Waals surface area contributed by atoms with E-state index in [-0.39, 0.29) is 49.7 Å². The molecule has 38 heavy (non-hydrogen) atoms. The number of carbonyl (C=O) groups excluding carboxylic acids is 1. The van der Waals surface area contributed by atoms with E-state index in [4.69, 9.17) is 11.6 Å². The minimum absolute atomic E-state index is 0. The summed E-state index contributed by atoms with van der Waals surface area (Å²) in [6.07, 6.45) is -0.650. The first kappa shape index (κ1) is 34.0. The Hall–Kier alpha value is -2.00. The molecule has 0 saturated carbocycles. The van der Waals surface area contributed by atoms with Gasteiger partial charge in [0.2, 0.25) is 0 Å². The average molecular weight is 605 g/mol. The van der Waals surface area contributed by atoms with E-state index in [0.717, 1.165) is 37.6 Å². The highest BCUT2D eigenvalue weighted by Gasteiger charge is 2.23. The van der Waals surface area contributed by atoms with Gasteiger partial charge in [0.25, 0.3) is 5.91 Å². The zero-order chi connectivity index (χ0) is 25.1. The second-order valence-electron chi connectivity index (χ2n) is 9.28. The molecule has 0 spiro atoms. The number of carbonyl (C=O) groups is 1. The lowest BCUT2D eigenvalue weighted by Gasteiger charge is -2.37. The minimum atomic E-state index is -0.650. The number of nitrogens with zero attached hydrogens (tertiary/aromatic N) is 4. The Morgan fingerprint density at radius 2 is 1.68 bits per heavy atom. The van der Waals surface area contributed by atoms with Crippen LogP contribution >= 0.6 is 48.8 Å². The van der Waals surface area contributed by atoms with Gasteiger partial charge >= 0.3 is 0 Å². The number of piperazine rings is 1. The van der Waals surface area contributed by atoms with Crippen LogP contribution in [-0.2, 0) is 0 Å². The topological polar surface area (TPSA) is 73.6 Å². The maximum atomic E-state index is 12.8. The predicted octanol–water partition coefficient (Wildman–Crippen LogP) is 4.94. The molecule has 1 aromatic heterocycles. The van der Waals surface area contributed by atoms with Crippen molar-refractivity contribution in [3.63, 3.8) is 0 Å². The molecule has 1 atom stereocenters. The number of β-amino-alcohol motifs (C(OH)–C–C–N with tert-alkyl or cyclic N) is 1. The van der Waals surface area contributed by atoms with Gasteiger partial charge in [-0.05, 0) is 63.1 Å². The van der Waals surface area contributed by atoms with Gasteiger partial charge in [-0.15, -0.1) is 37.2 Å². The van der Waals surface area contributed by atoms with Crippen LogP contribution in [-0.4, -0.2) is 70.8 Å². The average Bonchev–Trinajstić information content (AvgIpc) is 3.13. The fourth-order valence-electron chi connectivity index (χ4n) is 4.76. The van der Waals surface area contributed by atoms with Crippen LogP contribution in [0.4, 0.5) is 5.69 Å². The van der Waals surface area contributed by atoms with Gasteiger partial charge in [0.15, 0.2) is 0 Å². The molecule has 1 fully saturated rings. The zero-order valence-corrected chi connectivity index (χ0v) is 25.3. The van der Waals surface area contributed by atoms with Crippen molar-refractivity contribution in [3.8, 4) is 5.69 Å². The molecule has 11 heteroatoms. The van der Waals surface area contributed by atoms with Gasteiger partial charge in [0, 0.05) is 55.7 Å². The summed E-state index contributed by atoms with van der Waals surface area (Å²) in [6, 6.07) is 13.9. The van der Waals surface area contributed by atoms with Crippen molar-refractivity contribution in [2.75, 3.05) is 44.2 Å². The molecule has 2 aromatic carbocycles. The number of nitrogens with one attached hydrogen (secondary N) is 1. The van der Waals surface area contributed by atoms with E-state index >= 15 is 0 Å². The van der Waals surface area contributed by atoms with E-state index < -0.39 is 6.10 Å². The number of hydrogen-bond acceptors (Lipinski definition) is 5. The second-order valence-corrected chi connectivity index (χ2v) is 9.72. The Morgan fingerprint density at radius 3 is 2.34 bits per heavy atom. The summed E-state index contributed by atoms with van der Waals surface area (Å²) < 4.78 is 1.91.